The van der Waals surface area contributed by atoms with Gasteiger partial charge in [-0.15, -0.1) is 0 Å². The molecule has 0 saturated heterocycles. The first-order valence-electron chi connectivity index (χ1n) is 7.31. The van der Waals surface area contributed by atoms with Gasteiger partial charge in [0.25, 0.3) is 0 Å². The number of hydrogen-bond donors (Lipinski definition) is 2. The molecule has 1 aliphatic rings. The van der Waals surface area contributed by atoms with Gasteiger partial charge in [0.05, 0.1) is 7.11 Å². The van der Waals surface area contributed by atoms with Gasteiger partial charge in [0.15, 0.2) is 5.11 Å². The minimum atomic E-state index is 0.476. The van der Waals surface area contributed by atoms with Crippen LogP contribution in [0.15, 0.2) is 24.3 Å². The standard InChI is InChI=1S/C16H24N2OS/c1-11-6-4-9-15(12(11)2)18-16(20)17-13-7-5-8-14(10-13)19-3/h5,7-8,10-12,15H,4,6,9H2,1-3H3,(H2,17,18,20)/t11-,12+,15-/m0/s1. The van der Waals surface area contributed by atoms with E-state index < -0.39 is 0 Å². The summed E-state index contributed by atoms with van der Waals surface area (Å²) < 4.78 is 5.21. The van der Waals surface area contributed by atoms with Crippen LogP contribution >= 0.6 is 12.2 Å². The highest BCUT2D eigenvalue weighted by atomic mass is 32.1. The molecular formula is C16H24N2OS. The lowest BCUT2D eigenvalue weighted by Gasteiger charge is -2.35. The number of methoxy groups -OCH3 is 1. The Hall–Kier alpha value is -1.29. The Kier molecular flexibility index (Phi) is 5.24. The Morgan fingerprint density at radius 2 is 2.10 bits per heavy atom. The molecule has 0 radical (unpaired) electrons. The lowest BCUT2D eigenvalue weighted by atomic mass is 9.78. The predicted octanol–water partition coefficient (Wildman–Crippen LogP) is 3.81. The summed E-state index contributed by atoms with van der Waals surface area (Å²) in [7, 11) is 1.67. The van der Waals surface area contributed by atoms with Gasteiger partial charge in [-0.25, -0.2) is 0 Å². The number of anilines is 1. The van der Waals surface area contributed by atoms with Crippen LogP contribution in [0, 0.1) is 11.8 Å². The zero-order valence-corrected chi connectivity index (χ0v) is 13.3. The molecule has 0 heterocycles. The number of benzene rings is 1. The zero-order valence-electron chi connectivity index (χ0n) is 12.5. The fraction of sp³-hybridized carbons (Fsp3) is 0.562. The van der Waals surface area contributed by atoms with Crippen molar-refractivity contribution >= 4 is 23.0 Å². The van der Waals surface area contributed by atoms with E-state index in [9.17, 15) is 0 Å². The van der Waals surface area contributed by atoms with Crippen molar-refractivity contribution in [3.8, 4) is 5.75 Å². The van der Waals surface area contributed by atoms with Gasteiger partial charge in [-0.05, 0) is 42.6 Å². The van der Waals surface area contributed by atoms with Gasteiger partial charge in [0, 0.05) is 17.8 Å². The van der Waals surface area contributed by atoms with E-state index in [4.69, 9.17) is 17.0 Å². The topological polar surface area (TPSA) is 33.3 Å². The zero-order chi connectivity index (χ0) is 14.5. The summed E-state index contributed by atoms with van der Waals surface area (Å²) in [5.74, 6) is 2.26. The summed E-state index contributed by atoms with van der Waals surface area (Å²) in [6.45, 7) is 4.65. The summed E-state index contributed by atoms with van der Waals surface area (Å²) in [5, 5.41) is 7.40. The molecule has 110 valence electrons. The monoisotopic (exact) mass is 292 g/mol. The number of nitrogens with one attached hydrogen (secondary N) is 2. The van der Waals surface area contributed by atoms with Crippen LogP contribution in [-0.4, -0.2) is 18.3 Å². The first kappa shape index (κ1) is 15.1. The van der Waals surface area contributed by atoms with Gasteiger partial charge in [0.2, 0.25) is 0 Å². The summed E-state index contributed by atoms with van der Waals surface area (Å²) >= 11 is 5.42. The van der Waals surface area contributed by atoms with Crippen LogP contribution in [0.2, 0.25) is 0 Å². The number of hydrogen-bond acceptors (Lipinski definition) is 2. The minimum absolute atomic E-state index is 0.476. The second-order valence-corrected chi connectivity index (χ2v) is 6.11. The van der Waals surface area contributed by atoms with Gasteiger partial charge in [-0.3, -0.25) is 0 Å². The molecule has 0 aliphatic heterocycles. The van der Waals surface area contributed by atoms with Crippen LogP contribution in [0.5, 0.6) is 5.75 Å². The minimum Gasteiger partial charge on any atom is -0.497 e. The molecule has 0 spiro atoms. The summed E-state index contributed by atoms with van der Waals surface area (Å²) in [4.78, 5) is 0. The van der Waals surface area contributed by atoms with Crippen molar-refractivity contribution in [2.24, 2.45) is 11.8 Å². The van der Waals surface area contributed by atoms with E-state index in [1.54, 1.807) is 7.11 Å². The average Bonchev–Trinajstić information content (AvgIpc) is 2.44. The van der Waals surface area contributed by atoms with Crippen molar-refractivity contribution in [1.82, 2.24) is 5.32 Å². The number of thiocarbonyl (C=S) groups is 1. The number of rotatable bonds is 3. The molecule has 3 nitrogen and oxygen atoms in total. The fourth-order valence-electron chi connectivity index (χ4n) is 2.82. The smallest absolute Gasteiger partial charge is 0.171 e. The van der Waals surface area contributed by atoms with Crippen molar-refractivity contribution in [2.75, 3.05) is 12.4 Å². The molecule has 3 atom stereocenters. The highest BCUT2D eigenvalue weighted by Gasteiger charge is 2.27. The van der Waals surface area contributed by atoms with Gasteiger partial charge in [-0.2, -0.15) is 0 Å². The van der Waals surface area contributed by atoms with E-state index in [1.807, 2.05) is 24.3 Å². The third-order valence-electron chi connectivity index (χ3n) is 4.35. The van der Waals surface area contributed by atoms with E-state index in [1.165, 1.54) is 19.3 Å². The molecule has 1 aliphatic carbocycles. The summed E-state index contributed by atoms with van der Waals surface area (Å²) in [5.41, 5.74) is 0.957. The molecule has 0 unspecified atom stereocenters. The maximum absolute atomic E-state index is 5.42. The predicted molar refractivity (Wildman–Crippen MR) is 88.3 cm³/mol. The Labute approximate surface area is 127 Å². The first-order chi connectivity index (χ1) is 9.60. The van der Waals surface area contributed by atoms with E-state index >= 15 is 0 Å². The SMILES string of the molecule is COc1cccc(NC(=S)N[C@H]2CCC[C@H](C)[C@H]2C)c1. The van der Waals surface area contributed by atoms with Crippen LogP contribution in [0.3, 0.4) is 0 Å². The van der Waals surface area contributed by atoms with Gasteiger partial charge >= 0.3 is 0 Å². The van der Waals surface area contributed by atoms with Crippen LogP contribution in [0.1, 0.15) is 33.1 Å². The molecule has 4 heteroatoms. The molecule has 1 fully saturated rings. The molecule has 2 rings (SSSR count). The molecule has 1 aromatic carbocycles. The van der Waals surface area contributed by atoms with E-state index in [-0.39, 0.29) is 0 Å². The Morgan fingerprint density at radius 1 is 1.30 bits per heavy atom. The third-order valence-corrected chi connectivity index (χ3v) is 4.57. The van der Waals surface area contributed by atoms with Gasteiger partial charge in [0.1, 0.15) is 5.75 Å². The summed E-state index contributed by atoms with van der Waals surface area (Å²) in [6, 6.07) is 8.29. The van der Waals surface area contributed by atoms with Crippen molar-refractivity contribution in [1.29, 1.82) is 0 Å². The van der Waals surface area contributed by atoms with E-state index in [0.717, 1.165) is 17.4 Å². The molecule has 0 amide bonds. The average molecular weight is 292 g/mol. The van der Waals surface area contributed by atoms with Crippen molar-refractivity contribution < 1.29 is 4.74 Å². The quantitative estimate of drug-likeness (QED) is 0.830. The maximum atomic E-state index is 5.42. The van der Waals surface area contributed by atoms with Gasteiger partial charge in [-0.1, -0.05) is 32.8 Å². The van der Waals surface area contributed by atoms with Crippen molar-refractivity contribution in [3.05, 3.63) is 24.3 Å². The lowest BCUT2D eigenvalue weighted by Crippen LogP contribution is -2.45. The van der Waals surface area contributed by atoms with E-state index in [0.29, 0.717) is 17.1 Å². The van der Waals surface area contributed by atoms with Crippen LogP contribution < -0.4 is 15.4 Å². The number of ether oxygens (including phenoxy) is 1. The third kappa shape index (κ3) is 3.85. The van der Waals surface area contributed by atoms with E-state index in [2.05, 4.69) is 24.5 Å². The largest absolute Gasteiger partial charge is 0.497 e. The van der Waals surface area contributed by atoms with Crippen LogP contribution in [0.4, 0.5) is 5.69 Å². The molecule has 1 saturated carbocycles. The Morgan fingerprint density at radius 3 is 2.85 bits per heavy atom. The highest BCUT2D eigenvalue weighted by Crippen LogP contribution is 2.29. The molecule has 1 aromatic rings. The lowest BCUT2D eigenvalue weighted by molar-refractivity contribution is 0.225. The second-order valence-electron chi connectivity index (χ2n) is 5.70. The normalized spacial score (nSPS) is 25.9. The first-order valence-corrected chi connectivity index (χ1v) is 7.72. The van der Waals surface area contributed by atoms with Crippen LogP contribution in [-0.2, 0) is 0 Å². The summed E-state index contributed by atoms with van der Waals surface area (Å²) in [6.07, 6.45) is 3.81. The van der Waals surface area contributed by atoms with Crippen molar-refractivity contribution in [3.63, 3.8) is 0 Å². The molecular weight excluding hydrogens is 268 g/mol. The molecule has 0 bridgehead atoms. The fourth-order valence-corrected chi connectivity index (χ4v) is 3.09. The molecule has 2 N–H and O–H groups in total. The van der Waals surface area contributed by atoms with Crippen LogP contribution in [0.25, 0.3) is 0 Å². The molecule has 20 heavy (non-hydrogen) atoms. The second kappa shape index (κ2) is 6.93. The molecule has 0 aromatic heterocycles. The highest BCUT2D eigenvalue weighted by molar-refractivity contribution is 7.80. The maximum Gasteiger partial charge on any atom is 0.171 e. The Bertz CT molecular complexity index is 464. The van der Waals surface area contributed by atoms with Gasteiger partial charge < -0.3 is 15.4 Å². The Balaban J connectivity index is 1.91. The van der Waals surface area contributed by atoms with Crippen molar-refractivity contribution in [2.45, 2.75) is 39.2 Å².